The normalized spacial score (nSPS) is 17.2. The van der Waals surface area contributed by atoms with E-state index in [4.69, 9.17) is 5.11 Å². The molecule has 0 aliphatic heterocycles. The minimum absolute atomic E-state index is 0.440. The number of aromatic carboxylic acids is 1. The molecule has 0 atom stereocenters. The zero-order chi connectivity index (χ0) is 14.4. The third-order valence-corrected chi connectivity index (χ3v) is 4.55. The Morgan fingerprint density at radius 2 is 1.95 bits per heavy atom. The Labute approximate surface area is 108 Å². The van der Waals surface area contributed by atoms with Crippen molar-refractivity contribution in [1.29, 1.82) is 0 Å². The molecule has 0 radical (unpaired) electrons. The van der Waals surface area contributed by atoms with Crippen LogP contribution in [0.25, 0.3) is 0 Å². The van der Waals surface area contributed by atoms with Crippen molar-refractivity contribution in [1.82, 2.24) is 4.72 Å². The van der Waals surface area contributed by atoms with E-state index in [0.717, 1.165) is 0 Å². The SMILES string of the molecule is CC1(NS(=O)(=O)c2cc(C(=O)O)cc(F)c2F)CC1. The predicted molar refractivity (Wildman–Crippen MR) is 61.3 cm³/mol. The maximum absolute atomic E-state index is 13.5. The van der Waals surface area contributed by atoms with Gasteiger partial charge in [-0.1, -0.05) is 0 Å². The summed E-state index contributed by atoms with van der Waals surface area (Å²) in [4.78, 5) is 9.75. The Bertz CT molecular complexity index is 653. The number of halogens is 2. The number of hydrogen-bond donors (Lipinski definition) is 2. The number of carboxylic acid groups (broad SMARTS) is 1. The van der Waals surface area contributed by atoms with E-state index in [1.165, 1.54) is 0 Å². The molecule has 0 heterocycles. The molecule has 1 aromatic rings. The molecule has 1 saturated carbocycles. The van der Waals surface area contributed by atoms with Gasteiger partial charge in [0.15, 0.2) is 11.6 Å². The topological polar surface area (TPSA) is 83.5 Å². The van der Waals surface area contributed by atoms with Crippen LogP contribution in [0, 0.1) is 11.6 Å². The van der Waals surface area contributed by atoms with Gasteiger partial charge in [0, 0.05) is 5.54 Å². The molecule has 0 unspecified atom stereocenters. The second-order valence-corrected chi connectivity index (χ2v) is 6.39. The van der Waals surface area contributed by atoms with Crippen molar-refractivity contribution in [2.45, 2.75) is 30.2 Å². The smallest absolute Gasteiger partial charge is 0.335 e. The van der Waals surface area contributed by atoms with Crippen molar-refractivity contribution < 1.29 is 27.1 Å². The summed E-state index contributed by atoms with van der Waals surface area (Å²) in [5.74, 6) is -4.63. The third-order valence-electron chi connectivity index (χ3n) is 2.91. The Morgan fingerprint density at radius 1 is 1.37 bits per heavy atom. The number of rotatable bonds is 4. The number of carboxylic acids is 1. The first-order valence-corrected chi connectivity index (χ1v) is 6.89. The molecule has 104 valence electrons. The molecule has 1 aliphatic rings. The van der Waals surface area contributed by atoms with E-state index in [9.17, 15) is 22.0 Å². The van der Waals surface area contributed by atoms with Crippen molar-refractivity contribution in [3.8, 4) is 0 Å². The fourth-order valence-electron chi connectivity index (χ4n) is 1.55. The Morgan fingerprint density at radius 3 is 2.42 bits per heavy atom. The van der Waals surface area contributed by atoms with Gasteiger partial charge >= 0.3 is 5.97 Å². The second-order valence-electron chi connectivity index (χ2n) is 4.74. The summed E-state index contributed by atoms with van der Waals surface area (Å²) in [5.41, 5.74) is -1.29. The van der Waals surface area contributed by atoms with Crippen LogP contribution in [0.2, 0.25) is 0 Å². The number of hydrogen-bond acceptors (Lipinski definition) is 3. The highest BCUT2D eigenvalue weighted by Crippen LogP contribution is 2.36. The van der Waals surface area contributed by atoms with Gasteiger partial charge in [-0.2, -0.15) is 0 Å². The minimum atomic E-state index is -4.29. The number of benzene rings is 1. The van der Waals surface area contributed by atoms with Gasteiger partial charge in [-0.15, -0.1) is 0 Å². The Kier molecular flexibility index (Phi) is 3.10. The first-order valence-electron chi connectivity index (χ1n) is 5.41. The molecule has 0 amide bonds. The molecule has 0 aromatic heterocycles. The highest BCUT2D eigenvalue weighted by Gasteiger charge is 2.42. The second kappa shape index (κ2) is 4.24. The lowest BCUT2D eigenvalue weighted by atomic mass is 10.2. The summed E-state index contributed by atoms with van der Waals surface area (Å²) >= 11 is 0. The van der Waals surface area contributed by atoms with Crippen LogP contribution in [0.5, 0.6) is 0 Å². The summed E-state index contributed by atoms with van der Waals surface area (Å²) in [7, 11) is -4.29. The van der Waals surface area contributed by atoms with Gasteiger partial charge in [-0.3, -0.25) is 0 Å². The zero-order valence-corrected chi connectivity index (χ0v) is 10.7. The van der Waals surface area contributed by atoms with Gasteiger partial charge in [0.1, 0.15) is 4.90 Å². The summed E-state index contributed by atoms with van der Waals surface area (Å²) in [6, 6.07) is 1.05. The maximum atomic E-state index is 13.5. The van der Waals surface area contributed by atoms with Crippen molar-refractivity contribution >= 4 is 16.0 Å². The van der Waals surface area contributed by atoms with E-state index in [2.05, 4.69) is 4.72 Å². The summed E-state index contributed by atoms with van der Waals surface area (Å²) in [5, 5.41) is 8.73. The molecule has 1 aromatic carbocycles. The summed E-state index contributed by atoms with van der Waals surface area (Å²) in [6.07, 6.45) is 1.18. The van der Waals surface area contributed by atoms with E-state index in [1.807, 2.05) is 0 Å². The van der Waals surface area contributed by atoms with Gasteiger partial charge in [0.05, 0.1) is 5.56 Å². The van der Waals surface area contributed by atoms with Gasteiger partial charge in [0.25, 0.3) is 0 Å². The van der Waals surface area contributed by atoms with Crippen LogP contribution in [0.3, 0.4) is 0 Å². The molecule has 5 nitrogen and oxygen atoms in total. The predicted octanol–water partition coefficient (Wildman–Crippen LogP) is 1.49. The molecular weight excluding hydrogens is 280 g/mol. The van der Waals surface area contributed by atoms with E-state index in [1.54, 1.807) is 6.92 Å². The molecule has 1 fully saturated rings. The summed E-state index contributed by atoms with van der Waals surface area (Å²) < 4.78 is 52.9. The van der Waals surface area contributed by atoms with E-state index < -0.39 is 43.6 Å². The highest BCUT2D eigenvalue weighted by molar-refractivity contribution is 7.89. The lowest BCUT2D eigenvalue weighted by Crippen LogP contribution is -2.35. The first kappa shape index (κ1) is 13.9. The van der Waals surface area contributed by atoms with Crippen LogP contribution < -0.4 is 4.72 Å². The minimum Gasteiger partial charge on any atom is -0.478 e. The molecule has 2 N–H and O–H groups in total. The monoisotopic (exact) mass is 291 g/mol. The van der Waals surface area contributed by atoms with Gasteiger partial charge < -0.3 is 5.11 Å². The van der Waals surface area contributed by atoms with Crippen LogP contribution in [-0.4, -0.2) is 25.0 Å². The molecular formula is C11H11F2NO4S. The first-order chi connectivity index (χ1) is 8.65. The van der Waals surface area contributed by atoms with Crippen molar-refractivity contribution in [2.75, 3.05) is 0 Å². The fraction of sp³-hybridized carbons (Fsp3) is 0.364. The lowest BCUT2D eigenvalue weighted by molar-refractivity contribution is 0.0696. The highest BCUT2D eigenvalue weighted by atomic mass is 32.2. The number of carbonyl (C=O) groups is 1. The average molecular weight is 291 g/mol. The fourth-order valence-corrected chi connectivity index (χ4v) is 3.13. The van der Waals surface area contributed by atoms with Gasteiger partial charge in [0.2, 0.25) is 10.0 Å². The lowest BCUT2D eigenvalue weighted by Gasteiger charge is -2.13. The van der Waals surface area contributed by atoms with Crippen LogP contribution in [0.1, 0.15) is 30.1 Å². The quantitative estimate of drug-likeness (QED) is 0.880. The summed E-state index contributed by atoms with van der Waals surface area (Å²) in [6.45, 7) is 1.62. The van der Waals surface area contributed by atoms with E-state index >= 15 is 0 Å². The van der Waals surface area contributed by atoms with Crippen molar-refractivity contribution in [2.24, 2.45) is 0 Å². The van der Waals surface area contributed by atoms with Crippen molar-refractivity contribution in [3.05, 3.63) is 29.3 Å². The van der Waals surface area contributed by atoms with Gasteiger partial charge in [-0.25, -0.2) is 26.7 Å². The third kappa shape index (κ3) is 2.74. The van der Waals surface area contributed by atoms with Crippen LogP contribution in [-0.2, 0) is 10.0 Å². The van der Waals surface area contributed by atoms with E-state index in [0.29, 0.717) is 25.0 Å². The van der Waals surface area contributed by atoms with Crippen molar-refractivity contribution in [3.63, 3.8) is 0 Å². The Hall–Kier alpha value is -1.54. The molecule has 2 rings (SSSR count). The molecule has 1 aliphatic carbocycles. The molecule has 0 bridgehead atoms. The maximum Gasteiger partial charge on any atom is 0.335 e. The van der Waals surface area contributed by atoms with E-state index in [-0.39, 0.29) is 0 Å². The average Bonchev–Trinajstić information content (AvgIpc) is 2.98. The largest absolute Gasteiger partial charge is 0.478 e. The zero-order valence-electron chi connectivity index (χ0n) is 9.91. The molecule has 0 saturated heterocycles. The molecule has 8 heteroatoms. The van der Waals surface area contributed by atoms with Gasteiger partial charge in [-0.05, 0) is 31.9 Å². The van der Waals surface area contributed by atoms with Crippen LogP contribution in [0.15, 0.2) is 17.0 Å². The number of nitrogens with one attached hydrogen (secondary N) is 1. The van der Waals surface area contributed by atoms with Crippen LogP contribution >= 0.6 is 0 Å². The molecule has 19 heavy (non-hydrogen) atoms. The number of sulfonamides is 1. The Balaban J connectivity index is 2.51. The molecule has 0 spiro atoms. The van der Waals surface area contributed by atoms with Crippen LogP contribution in [0.4, 0.5) is 8.78 Å². The standard InChI is InChI=1S/C11H11F2NO4S/c1-11(2-3-11)14-19(17,18)8-5-6(10(15)16)4-7(12)9(8)13/h4-5,14H,2-3H2,1H3,(H,15,16).